The molecular formula is C20H19FN2O. The highest BCUT2D eigenvalue weighted by Crippen LogP contribution is 2.27. The molecule has 0 amide bonds. The van der Waals surface area contributed by atoms with Gasteiger partial charge in [0.25, 0.3) is 0 Å². The predicted octanol–water partition coefficient (Wildman–Crippen LogP) is 4.99. The average Bonchev–Trinajstić information content (AvgIpc) is 2.88. The predicted molar refractivity (Wildman–Crippen MR) is 95.4 cm³/mol. The molecule has 0 aliphatic heterocycles. The largest absolute Gasteiger partial charge is 0.494 e. The fourth-order valence-electron chi connectivity index (χ4n) is 2.78. The van der Waals surface area contributed by atoms with Gasteiger partial charge in [-0.2, -0.15) is 0 Å². The number of para-hydroxylation sites is 2. The number of nitrogens with zero attached hydrogens (tertiary/aromatic N) is 2. The van der Waals surface area contributed by atoms with E-state index in [2.05, 4.69) is 15.6 Å². The van der Waals surface area contributed by atoms with Crippen LogP contribution in [0.3, 0.4) is 0 Å². The Hall–Kier alpha value is -2.88. The highest BCUT2D eigenvalue weighted by atomic mass is 19.1. The fraction of sp³-hybridized carbons (Fsp3) is 0.150. The molecule has 0 unspecified atom stereocenters. The van der Waals surface area contributed by atoms with Crippen LogP contribution in [-0.4, -0.2) is 17.9 Å². The molecule has 0 aliphatic carbocycles. The summed E-state index contributed by atoms with van der Waals surface area (Å²) >= 11 is 0. The van der Waals surface area contributed by atoms with Crippen molar-refractivity contribution in [1.29, 1.82) is 0 Å². The second-order valence-corrected chi connectivity index (χ2v) is 5.57. The Morgan fingerprint density at radius 2 is 1.75 bits per heavy atom. The van der Waals surface area contributed by atoms with Crippen LogP contribution in [0.4, 0.5) is 10.1 Å². The van der Waals surface area contributed by atoms with Gasteiger partial charge in [-0.05, 0) is 56.3 Å². The number of aromatic nitrogens is 1. The summed E-state index contributed by atoms with van der Waals surface area (Å²) < 4.78 is 20.6. The van der Waals surface area contributed by atoms with Gasteiger partial charge in [-0.25, -0.2) is 4.39 Å². The molecule has 122 valence electrons. The minimum absolute atomic E-state index is 0.237. The summed E-state index contributed by atoms with van der Waals surface area (Å²) in [6.07, 6.45) is 1.83. The molecular weight excluding hydrogens is 303 g/mol. The molecule has 3 aromatic rings. The minimum atomic E-state index is -0.237. The maximum atomic E-state index is 13.1. The van der Waals surface area contributed by atoms with Crippen LogP contribution in [-0.2, 0) is 0 Å². The third-order valence-corrected chi connectivity index (χ3v) is 3.98. The van der Waals surface area contributed by atoms with Gasteiger partial charge in [-0.15, -0.1) is 0 Å². The summed E-state index contributed by atoms with van der Waals surface area (Å²) in [6, 6.07) is 16.2. The molecule has 0 aliphatic rings. The van der Waals surface area contributed by atoms with E-state index in [4.69, 9.17) is 4.74 Å². The summed E-state index contributed by atoms with van der Waals surface area (Å²) in [5, 5.41) is 0. The second-order valence-electron chi connectivity index (χ2n) is 5.57. The van der Waals surface area contributed by atoms with E-state index in [-0.39, 0.29) is 5.82 Å². The number of halogens is 1. The van der Waals surface area contributed by atoms with Crippen LogP contribution < -0.4 is 4.74 Å². The first kappa shape index (κ1) is 16.0. The molecule has 2 aromatic carbocycles. The smallest absolute Gasteiger partial charge is 0.144 e. The molecule has 0 saturated heterocycles. The molecule has 1 aromatic heterocycles. The van der Waals surface area contributed by atoms with E-state index in [9.17, 15) is 4.39 Å². The lowest BCUT2D eigenvalue weighted by Crippen LogP contribution is -1.99. The normalized spacial score (nSPS) is 11.2. The molecule has 0 radical (unpaired) electrons. The van der Waals surface area contributed by atoms with Gasteiger partial charge in [-0.1, -0.05) is 12.1 Å². The summed E-state index contributed by atoms with van der Waals surface area (Å²) in [6.45, 7) is 4.05. The first-order chi connectivity index (χ1) is 11.6. The zero-order valence-electron chi connectivity index (χ0n) is 14.0. The number of rotatable bonds is 4. The van der Waals surface area contributed by atoms with Crippen LogP contribution in [0.15, 0.2) is 59.6 Å². The van der Waals surface area contributed by atoms with Gasteiger partial charge in [0.2, 0.25) is 0 Å². The first-order valence-electron chi connectivity index (χ1n) is 7.72. The maximum absolute atomic E-state index is 13.1. The standard InChI is InChI=1S/C20H19FN2O/c1-14-12-16(13-22-19-6-4-5-7-20(19)24-3)15(2)23(14)18-10-8-17(21)9-11-18/h4-13H,1-3H3. The third-order valence-electron chi connectivity index (χ3n) is 3.98. The molecule has 3 rings (SSSR count). The highest BCUT2D eigenvalue weighted by molar-refractivity contribution is 5.85. The first-order valence-corrected chi connectivity index (χ1v) is 7.72. The van der Waals surface area contributed by atoms with Gasteiger partial charge in [0, 0.05) is 28.9 Å². The van der Waals surface area contributed by atoms with Gasteiger partial charge in [0.15, 0.2) is 0 Å². The lowest BCUT2D eigenvalue weighted by atomic mass is 10.2. The quantitative estimate of drug-likeness (QED) is 0.621. The van der Waals surface area contributed by atoms with Gasteiger partial charge in [0.05, 0.1) is 7.11 Å². The van der Waals surface area contributed by atoms with Crippen LogP contribution in [0.25, 0.3) is 5.69 Å². The van der Waals surface area contributed by atoms with Crippen molar-refractivity contribution in [2.24, 2.45) is 4.99 Å². The van der Waals surface area contributed by atoms with Crippen molar-refractivity contribution in [3.05, 3.63) is 77.4 Å². The average molecular weight is 322 g/mol. The molecule has 0 spiro atoms. The van der Waals surface area contributed by atoms with E-state index in [1.165, 1.54) is 12.1 Å². The van der Waals surface area contributed by atoms with Crippen molar-refractivity contribution in [2.45, 2.75) is 13.8 Å². The molecule has 0 fully saturated rings. The van der Waals surface area contributed by atoms with Crippen LogP contribution in [0.2, 0.25) is 0 Å². The van der Waals surface area contributed by atoms with Crippen LogP contribution in [0.5, 0.6) is 5.75 Å². The number of hydrogen-bond acceptors (Lipinski definition) is 2. The van der Waals surface area contributed by atoms with Crippen molar-refractivity contribution < 1.29 is 9.13 Å². The molecule has 3 nitrogen and oxygen atoms in total. The summed E-state index contributed by atoms with van der Waals surface area (Å²) in [7, 11) is 1.63. The van der Waals surface area contributed by atoms with Gasteiger partial charge in [0.1, 0.15) is 17.3 Å². The van der Waals surface area contributed by atoms with Crippen molar-refractivity contribution in [3.8, 4) is 11.4 Å². The fourth-order valence-corrected chi connectivity index (χ4v) is 2.78. The summed E-state index contributed by atoms with van der Waals surface area (Å²) in [4.78, 5) is 4.55. The number of methoxy groups -OCH3 is 1. The molecule has 4 heteroatoms. The summed E-state index contributed by atoms with van der Waals surface area (Å²) in [5.41, 5.74) is 4.86. The SMILES string of the molecule is COc1ccccc1N=Cc1cc(C)n(-c2ccc(F)cc2)c1C. The van der Waals surface area contributed by atoms with E-state index in [1.54, 1.807) is 19.2 Å². The van der Waals surface area contributed by atoms with Gasteiger partial charge in [-0.3, -0.25) is 4.99 Å². The number of benzene rings is 2. The lowest BCUT2D eigenvalue weighted by Gasteiger charge is -2.09. The van der Waals surface area contributed by atoms with Crippen LogP contribution >= 0.6 is 0 Å². The molecule has 24 heavy (non-hydrogen) atoms. The molecule has 0 saturated carbocycles. The van der Waals surface area contributed by atoms with Crippen LogP contribution in [0, 0.1) is 19.7 Å². The van der Waals surface area contributed by atoms with Crippen molar-refractivity contribution >= 4 is 11.9 Å². The topological polar surface area (TPSA) is 26.5 Å². The number of ether oxygens (including phenoxy) is 1. The van der Waals surface area contributed by atoms with Crippen molar-refractivity contribution in [3.63, 3.8) is 0 Å². The number of hydrogen-bond donors (Lipinski definition) is 0. The Balaban J connectivity index is 1.97. The molecule has 0 N–H and O–H groups in total. The lowest BCUT2D eigenvalue weighted by molar-refractivity contribution is 0.416. The van der Waals surface area contributed by atoms with Gasteiger partial charge >= 0.3 is 0 Å². The van der Waals surface area contributed by atoms with Crippen molar-refractivity contribution in [1.82, 2.24) is 4.57 Å². The zero-order valence-corrected chi connectivity index (χ0v) is 14.0. The monoisotopic (exact) mass is 322 g/mol. The number of aryl methyl sites for hydroxylation is 1. The van der Waals surface area contributed by atoms with Gasteiger partial charge < -0.3 is 9.30 Å². The molecule has 0 bridgehead atoms. The van der Waals surface area contributed by atoms with E-state index >= 15 is 0 Å². The Bertz CT molecular complexity index is 879. The summed E-state index contributed by atoms with van der Waals surface area (Å²) in [5.74, 6) is 0.500. The Labute approximate surface area is 141 Å². The van der Waals surface area contributed by atoms with E-state index in [0.29, 0.717) is 0 Å². The highest BCUT2D eigenvalue weighted by Gasteiger charge is 2.09. The van der Waals surface area contributed by atoms with E-state index < -0.39 is 0 Å². The molecule has 1 heterocycles. The maximum Gasteiger partial charge on any atom is 0.144 e. The van der Waals surface area contributed by atoms with E-state index in [1.807, 2.05) is 44.3 Å². The minimum Gasteiger partial charge on any atom is -0.494 e. The second kappa shape index (κ2) is 6.71. The van der Waals surface area contributed by atoms with Crippen LogP contribution in [0.1, 0.15) is 17.0 Å². The Morgan fingerprint density at radius 1 is 1.04 bits per heavy atom. The van der Waals surface area contributed by atoms with Crippen molar-refractivity contribution in [2.75, 3.05) is 7.11 Å². The van der Waals surface area contributed by atoms with E-state index in [0.717, 1.165) is 34.1 Å². The Kier molecular flexibility index (Phi) is 4.47. The zero-order chi connectivity index (χ0) is 17.1. The third kappa shape index (κ3) is 3.08. The Morgan fingerprint density at radius 3 is 2.46 bits per heavy atom. The molecule has 0 atom stereocenters. The number of aliphatic imine (C=N–C) groups is 1.